The number of ether oxygens (including phenoxy) is 1. The minimum Gasteiger partial charge on any atom is -0.497 e. The summed E-state index contributed by atoms with van der Waals surface area (Å²) in [5.74, 6) is 0.835. The summed E-state index contributed by atoms with van der Waals surface area (Å²) in [5, 5.41) is 4.87. The van der Waals surface area contributed by atoms with E-state index in [-0.39, 0.29) is 5.78 Å². The van der Waals surface area contributed by atoms with Crippen molar-refractivity contribution >= 4 is 38.9 Å². The van der Waals surface area contributed by atoms with Gasteiger partial charge < -0.3 is 4.74 Å². The van der Waals surface area contributed by atoms with E-state index in [1.807, 2.05) is 48.5 Å². The minimum atomic E-state index is 0.0817. The zero-order chi connectivity index (χ0) is 18.5. The average Bonchev–Trinajstić information content (AvgIpc) is 2.85. The van der Waals surface area contributed by atoms with E-state index < -0.39 is 0 Å². The highest BCUT2D eigenvalue weighted by Gasteiger charge is 2.25. The van der Waals surface area contributed by atoms with Crippen LogP contribution in [0.3, 0.4) is 0 Å². The van der Waals surface area contributed by atoms with E-state index >= 15 is 0 Å². The molecule has 2 nitrogen and oxygen atoms in total. The second-order valence-electron chi connectivity index (χ2n) is 6.94. The molecule has 0 spiro atoms. The van der Waals surface area contributed by atoms with Crippen LogP contribution in [-0.2, 0) is 12.8 Å². The maximum absolute atomic E-state index is 13.6. The van der Waals surface area contributed by atoms with Gasteiger partial charge in [0.1, 0.15) is 5.75 Å². The minimum absolute atomic E-state index is 0.0817. The van der Waals surface area contributed by atoms with E-state index in [1.54, 1.807) is 7.11 Å². The fourth-order valence-electron chi connectivity index (χ4n) is 4.26. The van der Waals surface area contributed by atoms with Crippen LogP contribution in [0.15, 0.2) is 60.7 Å². The lowest BCUT2D eigenvalue weighted by Crippen LogP contribution is -2.06. The highest BCUT2D eigenvalue weighted by atomic mass is 35.5. The van der Waals surface area contributed by atoms with Crippen molar-refractivity contribution in [2.75, 3.05) is 7.11 Å². The van der Waals surface area contributed by atoms with Crippen LogP contribution in [0.2, 0.25) is 5.02 Å². The zero-order valence-electron chi connectivity index (χ0n) is 14.9. The van der Waals surface area contributed by atoms with E-state index in [4.69, 9.17) is 16.3 Å². The third-order valence-electron chi connectivity index (χ3n) is 5.53. The molecule has 0 fully saturated rings. The van der Waals surface area contributed by atoms with Gasteiger partial charge in [-0.1, -0.05) is 48.0 Å². The molecule has 0 saturated heterocycles. The van der Waals surface area contributed by atoms with Crippen molar-refractivity contribution < 1.29 is 9.53 Å². The van der Waals surface area contributed by atoms with Crippen LogP contribution in [0.5, 0.6) is 5.75 Å². The van der Waals surface area contributed by atoms with Crippen molar-refractivity contribution in [1.82, 2.24) is 0 Å². The van der Waals surface area contributed by atoms with Gasteiger partial charge in [-0.15, -0.1) is 0 Å². The molecule has 0 radical (unpaired) electrons. The highest BCUT2D eigenvalue weighted by molar-refractivity contribution is 6.32. The summed E-state index contributed by atoms with van der Waals surface area (Å²) in [6.07, 6.45) is 1.65. The molecule has 27 heavy (non-hydrogen) atoms. The van der Waals surface area contributed by atoms with Crippen molar-refractivity contribution in [3.05, 3.63) is 87.9 Å². The summed E-state index contributed by atoms with van der Waals surface area (Å²) in [6.45, 7) is 0. The van der Waals surface area contributed by atoms with Gasteiger partial charge in [-0.25, -0.2) is 0 Å². The monoisotopic (exact) mass is 372 g/mol. The summed E-state index contributed by atoms with van der Waals surface area (Å²) in [6, 6.07) is 19.8. The molecule has 0 amide bonds. The average molecular weight is 373 g/mol. The number of halogens is 1. The molecular weight excluding hydrogens is 356 g/mol. The predicted molar refractivity (Wildman–Crippen MR) is 110 cm³/mol. The molecule has 1 aliphatic carbocycles. The Morgan fingerprint density at radius 2 is 1.63 bits per heavy atom. The van der Waals surface area contributed by atoms with Gasteiger partial charge in [-0.3, -0.25) is 4.79 Å². The Morgan fingerprint density at radius 3 is 2.48 bits per heavy atom. The maximum Gasteiger partial charge on any atom is 0.194 e. The van der Waals surface area contributed by atoms with Crippen LogP contribution in [-0.4, -0.2) is 12.9 Å². The largest absolute Gasteiger partial charge is 0.497 e. The molecule has 0 aliphatic heterocycles. The molecule has 5 rings (SSSR count). The smallest absolute Gasteiger partial charge is 0.194 e. The van der Waals surface area contributed by atoms with Gasteiger partial charge in [0.25, 0.3) is 0 Å². The van der Waals surface area contributed by atoms with Gasteiger partial charge >= 0.3 is 0 Å². The summed E-state index contributed by atoms with van der Waals surface area (Å²) >= 11 is 6.32. The molecular formula is C24H17ClO2. The predicted octanol–water partition coefficient (Wildman–Crippen LogP) is 5.98. The van der Waals surface area contributed by atoms with Crippen LogP contribution in [0, 0.1) is 0 Å². The van der Waals surface area contributed by atoms with Gasteiger partial charge in [0.05, 0.1) is 7.11 Å². The molecule has 0 unspecified atom stereocenters. The van der Waals surface area contributed by atoms with E-state index in [0.29, 0.717) is 5.02 Å². The Morgan fingerprint density at radius 1 is 0.852 bits per heavy atom. The Labute approximate surface area is 162 Å². The Balaban J connectivity index is 1.97. The Kier molecular flexibility index (Phi) is 3.70. The lowest BCUT2D eigenvalue weighted by molar-refractivity contribution is 0.104. The number of fused-ring (bicyclic) bond motifs is 7. The van der Waals surface area contributed by atoms with Crippen LogP contribution < -0.4 is 4.74 Å². The van der Waals surface area contributed by atoms with Crippen molar-refractivity contribution in [2.24, 2.45) is 0 Å². The third kappa shape index (κ3) is 2.44. The number of rotatable bonds is 1. The van der Waals surface area contributed by atoms with Crippen LogP contribution in [0.25, 0.3) is 21.5 Å². The lowest BCUT2D eigenvalue weighted by Gasteiger charge is -2.16. The number of methoxy groups -OCH3 is 1. The number of carbonyl (C=O) groups is 1. The van der Waals surface area contributed by atoms with Crippen molar-refractivity contribution in [3.63, 3.8) is 0 Å². The van der Waals surface area contributed by atoms with E-state index in [9.17, 15) is 4.79 Å². The first-order valence-corrected chi connectivity index (χ1v) is 9.39. The summed E-state index contributed by atoms with van der Waals surface area (Å²) in [7, 11) is 1.65. The molecule has 1 aliphatic rings. The number of hydrogen-bond donors (Lipinski definition) is 0. The fourth-order valence-corrected chi connectivity index (χ4v) is 4.44. The van der Waals surface area contributed by atoms with E-state index in [0.717, 1.165) is 62.4 Å². The maximum atomic E-state index is 13.6. The summed E-state index contributed by atoms with van der Waals surface area (Å²) in [4.78, 5) is 13.6. The van der Waals surface area contributed by atoms with Gasteiger partial charge in [0, 0.05) is 16.1 Å². The standard InChI is InChI=1S/C24H17ClO2/c1-27-16-8-11-19-18-10-7-15(25)12-21(18)20-9-6-14-4-2-3-5-17(14)24(26)23(20)22(19)13-16/h2-5,7-8,10-13H,6,9H2,1H3. The van der Waals surface area contributed by atoms with Gasteiger partial charge in [-0.2, -0.15) is 0 Å². The zero-order valence-corrected chi connectivity index (χ0v) is 15.6. The molecule has 0 heterocycles. The number of benzene rings is 4. The lowest BCUT2D eigenvalue weighted by atomic mass is 9.88. The van der Waals surface area contributed by atoms with Crippen molar-refractivity contribution in [2.45, 2.75) is 12.8 Å². The number of carbonyl (C=O) groups excluding carboxylic acids is 1. The molecule has 4 aromatic carbocycles. The van der Waals surface area contributed by atoms with Gasteiger partial charge in [0.15, 0.2) is 5.78 Å². The number of aryl methyl sites for hydroxylation is 2. The van der Waals surface area contributed by atoms with E-state index in [1.165, 1.54) is 0 Å². The first-order valence-electron chi connectivity index (χ1n) is 9.02. The van der Waals surface area contributed by atoms with Crippen molar-refractivity contribution in [3.8, 4) is 5.75 Å². The van der Waals surface area contributed by atoms with Crippen molar-refractivity contribution in [1.29, 1.82) is 0 Å². The second kappa shape index (κ2) is 6.11. The molecule has 132 valence electrons. The molecule has 4 aromatic rings. The van der Waals surface area contributed by atoms with Crippen LogP contribution in [0.4, 0.5) is 0 Å². The number of hydrogen-bond acceptors (Lipinski definition) is 2. The Bertz CT molecular complexity index is 1240. The fraction of sp³-hybridized carbons (Fsp3) is 0.125. The van der Waals surface area contributed by atoms with Gasteiger partial charge in [-0.05, 0) is 69.8 Å². The summed E-state index contributed by atoms with van der Waals surface area (Å²) in [5.41, 5.74) is 3.75. The van der Waals surface area contributed by atoms with Crippen LogP contribution in [0.1, 0.15) is 27.0 Å². The molecule has 3 heteroatoms. The second-order valence-corrected chi connectivity index (χ2v) is 7.38. The Hall–Kier alpha value is -2.84. The third-order valence-corrected chi connectivity index (χ3v) is 5.76. The quantitative estimate of drug-likeness (QED) is 0.384. The van der Waals surface area contributed by atoms with Gasteiger partial charge in [0.2, 0.25) is 0 Å². The topological polar surface area (TPSA) is 26.3 Å². The molecule has 0 aromatic heterocycles. The summed E-state index contributed by atoms with van der Waals surface area (Å²) < 4.78 is 5.45. The first-order chi connectivity index (χ1) is 13.2. The SMILES string of the molecule is COc1ccc2c(c1)c1c(c3cc(Cl)ccc32)CCc2ccccc2C1=O. The highest BCUT2D eigenvalue weighted by Crippen LogP contribution is 2.39. The molecule has 0 bridgehead atoms. The first kappa shape index (κ1) is 16.3. The molecule has 0 atom stereocenters. The normalized spacial score (nSPS) is 13.3. The molecule has 0 N–H and O–H groups in total. The van der Waals surface area contributed by atoms with E-state index in [2.05, 4.69) is 12.1 Å². The molecule has 0 saturated carbocycles. The van der Waals surface area contributed by atoms with Crippen LogP contribution >= 0.6 is 11.6 Å². The number of ketones is 1.